The fraction of sp³-hybridized carbons (Fsp3) is 0.880. The molecule has 1 N–H and O–H groups in total. The molecule has 0 spiro atoms. The molecule has 0 aromatic heterocycles. The van der Waals surface area contributed by atoms with Crippen LogP contribution in [-0.2, 0) is 23.9 Å². The van der Waals surface area contributed by atoms with Gasteiger partial charge in [0.2, 0.25) is 5.91 Å². The number of carbonyl (C=O) groups excluding carboxylic acids is 3. The lowest BCUT2D eigenvalue weighted by atomic mass is 10.0. The number of amides is 1. The summed E-state index contributed by atoms with van der Waals surface area (Å²) in [4.78, 5) is 35.8. The SMILES string of the molecule is CCCCCCCCCCCCCCCC(=O)N[C@@H](CCC(=O)OCC)C(=O)OCC. The van der Waals surface area contributed by atoms with E-state index in [0.717, 1.165) is 19.3 Å². The Labute approximate surface area is 190 Å². The third-order valence-corrected chi connectivity index (χ3v) is 5.36. The second-order valence-electron chi connectivity index (χ2n) is 8.21. The van der Waals surface area contributed by atoms with Gasteiger partial charge in [0.05, 0.1) is 13.2 Å². The van der Waals surface area contributed by atoms with Crippen molar-refractivity contribution in [2.75, 3.05) is 13.2 Å². The number of esters is 2. The number of nitrogens with one attached hydrogen (secondary N) is 1. The van der Waals surface area contributed by atoms with Gasteiger partial charge < -0.3 is 14.8 Å². The molecular weight excluding hydrogens is 394 g/mol. The Morgan fingerprint density at radius 1 is 0.645 bits per heavy atom. The lowest BCUT2D eigenvalue weighted by molar-refractivity contribution is -0.148. The molecule has 182 valence electrons. The maximum Gasteiger partial charge on any atom is 0.328 e. The van der Waals surface area contributed by atoms with Gasteiger partial charge in [0, 0.05) is 12.8 Å². The van der Waals surface area contributed by atoms with Crippen LogP contribution in [0.25, 0.3) is 0 Å². The van der Waals surface area contributed by atoms with Gasteiger partial charge in [-0.25, -0.2) is 4.79 Å². The van der Waals surface area contributed by atoms with Gasteiger partial charge in [0.15, 0.2) is 0 Å². The Hall–Kier alpha value is -1.59. The highest BCUT2D eigenvalue weighted by Crippen LogP contribution is 2.13. The van der Waals surface area contributed by atoms with Crippen molar-refractivity contribution < 1.29 is 23.9 Å². The van der Waals surface area contributed by atoms with Gasteiger partial charge in [0.25, 0.3) is 0 Å². The zero-order chi connectivity index (χ0) is 23.2. The molecule has 0 rings (SSSR count). The van der Waals surface area contributed by atoms with E-state index < -0.39 is 12.0 Å². The van der Waals surface area contributed by atoms with E-state index in [1.54, 1.807) is 13.8 Å². The minimum Gasteiger partial charge on any atom is -0.466 e. The van der Waals surface area contributed by atoms with Crippen molar-refractivity contribution in [2.45, 2.75) is 130 Å². The molecule has 6 heteroatoms. The van der Waals surface area contributed by atoms with Crippen molar-refractivity contribution in [1.29, 1.82) is 0 Å². The first-order chi connectivity index (χ1) is 15.0. The van der Waals surface area contributed by atoms with Gasteiger partial charge in [-0.3, -0.25) is 9.59 Å². The van der Waals surface area contributed by atoms with E-state index in [0.29, 0.717) is 13.0 Å². The van der Waals surface area contributed by atoms with Gasteiger partial charge >= 0.3 is 11.9 Å². The standard InChI is InChI=1S/C25H47NO5/c1-4-7-8-9-10-11-12-13-14-15-16-17-18-19-23(27)26-22(25(29)31-6-3)20-21-24(28)30-5-2/h22H,4-21H2,1-3H3,(H,26,27)/t22-/m0/s1. The molecule has 0 unspecified atom stereocenters. The molecule has 0 aliphatic heterocycles. The van der Waals surface area contributed by atoms with Crippen LogP contribution >= 0.6 is 0 Å². The lowest BCUT2D eigenvalue weighted by Gasteiger charge is -2.17. The van der Waals surface area contributed by atoms with Crippen LogP contribution in [0.4, 0.5) is 0 Å². The van der Waals surface area contributed by atoms with Crippen LogP contribution in [-0.4, -0.2) is 37.1 Å². The van der Waals surface area contributed by atoms with Gasteiger partial charge in [-0.1, -0.05) is 84.0 Å². The molecule has 0 heterocycles. The third kappa shape index (κ3) is 18.9. The van der Waals surface area contributed by atoms with Crippen LogP contribution in [0.3, 0.4) is 0 Å². The van der Waals surface area contributed by atoms with Gasteiger partial charge in [-0.05, 0) is 26.7 Å². The van der Waals surface area contributed by atoms with Crippen LogP contribution in [0, 0.1) is 0 Å². The molecule has 6 nitrogen and oxygen atoms in total. The Morgan fingerprint density at radius 2 is 1.13 bits per heavy atom. The molecule has 31 heavy (non-hydrogen) atoms. The first-order valence-electron chi connectivity index (χ1n) is 12.7. The molecule has 0 radical (unpaired) electrons. The van der Waals surface area contributed by atoms with Gasteiger partial charge in [-0.2, -0.15) is 0 Å². The molecule has 0 saturated heterocycles. The highest BCUT2D eigenvalue weighted by molar-refractivity contribution is 5.84. The number of unbranched alkanes of at least 4 members (excludes halogenated alkanes) is 12. The topological polar surface area (TPSA) is 81.7 Å². The maximum atomic E-state index is 12.2. The molecule has 0 aromatic carbocycles. The summed E-state index contributed by atoms with van der Waals surface area (Å²) in [5, 5.41) is 2.72. The van der Waals surface area contributed by atoms with Crippen molar-refractivity contribution in [2.24, 2.45) is 0 Å². The summed E-state index contributed by atoms with van der Waals surface area (Å²) < 4.78 is 9.90. The smallest absolute Gasteiger partial charge is 0.328 e. The van der Waals surface area contributed by atoms with Crippen molar-refractivity contribution in [1.82, 2.24) is 5.32 Å². The highest BCUT2D eigenvalue weighted by atomic mass is 16.5. The summed E-state index contributed by atoms with van der Waals surface area (Å²) >= 11 is 0. The first-order valence-corrected chi connectivity index (χ1v) is 12.7. The largest absolute Gasteiger partial charge is 0.466 e. The molecule has 0 aromatic rings. The van der Waals surface area contributed by atoms with Gasteiger partial charge in [0.1, 0.15) is 6.04 Å². The zero-order valence-corrected chi connectivity index (χ0v) is 20.3. The Bertz CT molecular complexity index is 467. The highest BCUT2D eigenvalue weighted by Gasteiger charge is 2.23. The Balaban J connectivity index is 3.82. The zero-order valence-electron chi connectivity index (χ0n) is 20.3. The summed E-state index contributed by atoms with van der Waals surface area (Å²) in [5.41, 5.74) is 0. The van der Waals surface area contributed by atoms with Gasteiger partial charge in [-0.15, -0.1) is 0 Å². The molecule has 1 amide bonds. The van der Waals surface area contributed by atoms with E-state index in [-0.39, 0.29) is 31.3 Å². The van der Waals surface area contributed by atoms with Crippen LogP contribution in [0.1, 0.15) is 124 Å². The third-order valence-electron chi connectivity index (χ3n) is 5.36. The number of carbonyl (C=O) groups is 3. The summed E-state index contributed by atoms with van der Waals surface area (Å²) in [5.74, 6) is -1.03. The Morgan fingerprint density at radius 3 is 1.61 bits per heavy atom. The van der Waals surface area contributed by atoms with E-state index in [1.165, 1.54) is 64.2 Å². The second kappa shape index (κ2) is 21.6. The number of rotatable bonds is 21. The maximum absolute atomic E-state index is 12.2. The van der Waals surface area contributed by atoms with Crippen LogP contribution in [0.2, 0.25) is 0 Å². The quantitative estimate of drug-likeness (QED) is 0.178. The van der Waals surface area contributed by atoms with E-state index in [2.05, 4.69) is 12.2 Å². The number of ether oxygens (including phenoxy) is 2. The minimum absolute atomic E-state index is 0.0797. The average molecular weight is 442 g/mol. The van der Waals surface area contributed by atoms with E-state index >= 15 is 0 Å². The number of hydrogen-bond donors (Lipinski definition) is 1. The summed E-state index contributed by atoms with van der Waals surface area (Å²) in [6, 6.07) is -0.793. The van der Waals surface area contributed by atoms with Crippen molar-refractivity contribution in [3.05, 3.63) is 0 Å². The van der Waals surface area contributed by atoms with Crippen LogP contribution in [0.15, 0.2) is 0 Å². The average Bonchev–Trinajstić information content (AvgIpc) is 2.74. The summed E-state index contributed by atoms with van der Waals surface area (Å²) in [7, 11) is 0. The summed E-state index contributed by atoms with van der Waals surface area (Å²) in [6.45, 7) is 6.24. The van der Waals surface area contributed by atoms with Crippen LogP contribution < -0.4 is 5.32 Å². The predicted octanol–water partition coefficient (Wildman–Crippen LogP) is 5.86. The van der Waals surface area contributed by atoms with Crippen molar-refractivity contribution in [3.8, 4) is 0 Å². The molecule has 0 aliphatic carbocycles. The van der Waals surface area contributed by atoms with Crippen molar-refractivity contribution in [3.63, 3.8) is 0 Å². The first kappa shape index (κ1) is 29.4. The minimum atomic E-state index is -0.793. The van der Waals surface area contributed by atoms with E-state index in [4.69, 9.17) is 9.47 Å². The second-order valence-corrected chi connectivity index (χ2v) is 8.21. The van der Waals surface area contributed by atoms with Crippen molar-refractivity contribution >= 4 is 17.8 Å². The molecule has 1 atom stereocenters. The fourth-order valence-electron chi connectivity index (χ4n) is 3.56. The summed E-state index contributed by atoms with van der Waals surface area (Å²) in [6.07, 6.45) is 17.0. The normalized spacial score (nSPS) is 11.7. The Kier molecular flexibility index (Phi) is 20.5. The molecule has 0 saturated carbocycles. The fourth-order valence-corrected chi connectivity index (χ4v) is 3.56. The van der Waals surface area contributed by atoms with Crippen LogP contribution in [0.5, 0.6) is 0 Å². The van der Waals surface area contributed by atoms with E-state index in [9.17, 15) is 14.4 Å². The molecule has 0 aliphatic rings. The lowest BCUT2D eigenvalue weighted by Crippen LogP contribution is -2.42. The monoisotopic (exact) mass is 441 g/mol. The van der Waals surface area contributed by atoms with E-state index in [1.807, 2.05) is 0 Å². The molecular formula is C25H47NO5. The molecule has 0 bridgehead atoms. The number of hydrogen-bond acceptors (Lipinski definition) is 5. The molecule has 0 fully saturated rings. The predicted molar refractivity (Wildman–Crippen MR) is 125 cm³/mol.